The van der Waals surface area contributed by atoms with Gasteiger partial charge in [0.25, 0.3) is 5.91 Å². The maximum atomic E-state index is 13.0. The SMILES string of the molecule is CCCC(C)(C)NC(=O)CN1C(=O)N[C@]2(CCc3ccccc32)C1=O. The van der Waals surface area contributed by atoms with Gasteiger partial charge in [0.1, 0.15) is 12.1 Å². The molecule has 6 heteroatoms. The summed E-state index contributed by atoms with van der Waals surface area (Å²) < 4.78 is 0. The second-order valence-electron chi connectivity index (χ2n) is 7.57. The van der Waals surface area contributed by atoms with Crippen LogP contribution in [0.2, 0.25) is 0 Å². The number of nitrogens with one attached hydrogen (secondary N) is 2. The zero-order valence-corrected chi connectivity index (χ0v) is 15.0. The predicted molar refractivity (Wildman–Crippen MR) is 93.8 cm³/mol. The van der Waals surface area contributed by atoms with Gasteiger partial charge in [-0.05, 0) is 44.2 Å². The number of fused-ring (bicyclic) bond motifs is 2. The van der Waals surface area contributed by atoms with Gasteiger partial charge >= 0.3 is 6.03 Å². The molecule has 1 aliphatic carbocycles. The molecule has 0 bridgehead atoms. The predicted octanol–water partition coefficient (Wildman–Crippen LogP) is 2.07. The van der Waals surface area contributed by atoms with Gasteiger partial charge in [-0.1, -0.05) is 37.6 Å². The molecule has 1 fully saturated rings. The van der Waals surface area contributed by atoms with Gasteiger partial charge < -0.3 is 10.6 Å². The summed E-state index contributed by atoms with van der Waals surface area (Å²) in [6.07, 6.45) is 3.05. The average molecular weight is 343 g/mol. The fraction of sp³-hybridized carbons (Fsp3) is 0.526. The molecule has 1 aliphatic heterocycles. The topological polar surface area (TPSA) is 78.5 Å². The number of rotatable bonds is 5. The van der Waals surface area contributed by atoms with Crippen LogP contribution in [0.4, 0.5) is 4.79 Å². The van der Waals surface area contributed by atoms with Gasteiger partial charge in [0.2, 0.25) is 5.91 Å². The molecule has 134 valence electrons. The summed E-state index contributed by atoms with van der Waals surface area (Å²) in [5, 5.41) is 5.75. The van der Waals surface area contributed by atoms with Crippen molar-refractivity contribution in [2.24, 2.45) is 0 Å². The molecule has 0 aromatic heterocycles. The number of benzene rings is 1. The van der Waals surface area contributed by atoms with Crippen molar-refractivity contribution in [1.29, 1.82) is 0 Å². The minimum absolute atomic E-state index is 0.248. The highest BCUT2D eigenvalue weighted by atomic mass is 16.2. The number of carbonyl (C=O) groups is 3. The molecule has 25 heavy (non-hydrogen) atoms. The van der Waals surface area contributed by atoms with Crippen molar-refractivity contribution in [2.45, 2.75) is 57.5 Å². The first-order chi connectivity index (χ1) is 11.8. The molecule has 1 aromatic carbocycles. The maximum absolute atomic E-state index is 13.0. The molecule has 0 radical (unpaired) electrons. The van der Waals surface area contributed by atoms with Crippen molar-refractivity contribution < 1.29 is 14.4 Å². The van der Waals surface area contributed by atoms with E-state index in [0.29, 0.717) is 6.42 Å². The number of amides is 4. The number of carbonyl (C=O) groups excluding carboxylic acids is 3. The van der Waals surface area contributed by atoms with Crippen molar-refractivity contribution in [3.63, 3.8) is 0 Å². The van der Waals surface area contributed by atoms with Gasteiger partial charge in [-0.3, -0.25) is 14.5 Å². The van der Waals surface area contributed by atoms with E-state index in [1.165, 1.54) is 0 Å². The van der Waals surface area contributed by atoms with Crippen LogP contribution in [0.5, 0.6) is 0 Å². The monoisotopic (exact) mass is 343 g/mol. The fourth-order valence-corrected chi connectivity index (χ4v) is 3.98. The van der Waals surface area contributed by atoms with Gasteiger partial charge in [-0.25, -0.2) is 4.79 Å². The van der Waals surface area contributed by atoms with Crippen LogP contribution in [0, 0.1) is 0 Å². The Morgan fingerprint density at radius 1 is 1.32 bits per heavy atom. The first-order valence-electron chi connectivity index (χ1n) is 8.82. The molecule has 2 aliphatic rings. The number of hydrogen-bond donors (Lipinski definition) is 2. The van der Waals surface area contributed by atoms with Gasteiger partial charge in [0, 0.05) is 5.54 Å². The molecule has 1 heterocycles. The lowest BCUT2D eigenvalue weighted by atomic mass is 9.92. The van der Waals surface area contributed by atoms with Crippen molar-refractivity contribution >= 4 is 17.8 Å². The summed E-state index contributed by atoms with van der Waals surface area (Å²) in [7, 11) is 0. The van der Waals surface area contributed by atoms with Gasteiger partial charge in [-0.2, -0.15) is 0 Å². The average Bonchev–Trinajstić information content (AvgIpc) is 3.01. The van der Waals surface area contributed by atoms with Crippen molar-refractivity contribution in [3.05, 3.63) is 35.4 Å². The molecule has 4 amide bonds. The summed E-state index contributed by atoms with van der Waals surface area (Å²) in [6, 6.07) is 7.17. The summed E-state index contributed by atoms with van der Waals surface area (Å²) >= 11 is 0. The van der Waals surface area contributed by atoms with E-state index in [1.54, 1.807) is 0 Å². The molecular weight excluding hydrogens is 318 g/mol. The normalized spacial score (nSPS) is 22.3. The summed E-state index contributed by atoms with van der Waals surface area (Å²) in [4.78, 5) is 38.8. The molecule has 3 rings (SSSR count). The first-order valence-corrected chi connectivity index (χ1v) is 8.82. The third-order valence-corrected chi connectivity index (χ3v) is 5.08. The van der Waals surface area contributed by atoms with Crippen LogP contribution < -0.4 is 10.6 Å². The quantitative estimate of drug-likeness (QED) is 0.804. The summed E-state index contributed by atoms with van der Waals surface area (Å²) in [6.45, 7) is 5.68. The third kappa shape index (κ3) is 3.01. The zero-order valence-electron chi connectivity index (χ0n) is 15.0. The Bertz CT molecular complexity index is 728. The Morgan fingerprint density at radius 2 is 2.04 bits per heavy atom. The van der Waals surface area contributed by atoms with Crippen molar-refractivity contribution in [1.82, 2.24) is 15.5 Å². The Hall–Kier alpha value is -2.37. The van der Waals surface area contributed by atoms with Gasteiger partial charge in [0.05, 0.1) is 0 Å². The lowest BCUT2D eigenvalue weighted by Gasteiger charge is -2.27. The minimum atomic E-state index is -1.01. The smallest absolute Gasteiger partial charge is 0.325 e. The highest BCUT2D eigenvalue weighted by Gasteiger charge is 2.55. The van der Waals surface area contributed by atoms with Crippen molar-refractivity contribution in [2.75, 3.05) is 6.54 Å². The van der Waals surface area contributed by atoms with E-state index in [-0.39, 0.29) is 23.9 Å². The summed E-state index contributed by atoms with van der Waals surface area (Å²) in [5.41, 5.74) is 0.560. The first kappa shape index (κ1) is 17.5. The maximum Gasteiger partial charge on any atom is 0.325 e. The number of imide groups is 1. The third-order valence-electron chi connectivity index (χ3n) is 5.08. The van der Waals surface area contributed by atoms with E-state index in [0.717, 1.165) is 35.3 Å². The largest absolute Gasteiger partial charge is 0.350 e. The van der Waals surface area contributed by atoms with E-state index in [9.17, 15) is 14.4 Å². The van der Waals surface area contributed by atoms with Crippen LogP contribution in [-0.2, 0) is 21.5 Å². The van der Waals surface area contributed by atoms with Crippen LogP contribution in [-0.4, -0.2) is 34.8 Å². The van der Waals surface area contributed by atoms with Crippen LogP contribution in [0.3, 0.4) is 0 Å². The molecule has 0 saturated carbocycles. The van der Waals surface area contributed by atoms with E-state index < -0.39 is 11.6 Å². The number of aryl methyl sites for hydroxylation is 1. The molecule has 1 atom stereocenters. The Balaban J connectivity index is 1.76. The fourth-order valence-electron chi connectivity index (χ4n) is 3.98. The molecular formula is C19H25N3O3. The van der Waals surface area contributed by atoms with Gasteiger partial charge in [-0.15, -0.1) is 0 Å². The standard InChI is InChI=1S/C19H25N3O3/c1-4-10-18(2,3)20-15(23)12-22-16(24)19(21-17(22)25)11-9-13-7-5-6-8-14(13)19/h5-8H,4,9-12H2,1-3H3,(H,20,23)(H,21,25)/t19-/m0/s1. The molecule has 6 nitrogen and oxygen atoms in total. The second kappa shape index (κ2) is 6.17. The molecule has 1 aromatic rings. The lowest BCUT2D eigenvalue weighted by Crippen LogP contribution is -2.49. The molecule has 0 unspecified atom stereocenters. The Kier molecular flexibility index (Phi) is 4.31. The van der Waals surface area contributed by atoms with E-state index in [1.807, 2.05) is 45.0 Å². The Labute approximate surface area is 148 Å². The minimum Gasteiger partial charge on any atom is -0.350 e. The van der Waals surface area contributed by atoms with Gasteiger partial charge in [0.15, 0.2) is 0 Å². The highest BCUT2D eigenvalue weighted by molar-refractivity contribution is 6.09. The van der Waals surface area contributed by atoms with E-state index >= 15 is 0 Å². The molecule has 2 N–H and O–H groups in total. The van der Waals surface area contributed by atoms with Crippen LogP contribution >= 0.6 is 0 Å². The number of nitrogens with zero attached hydrogens (tertiary/aromatic N) is 1. The van der Waals surface area contributed by atoms with Crippen molar-refractivity contribution in [3.8, 4) is 0 Å². The van der Waals surface area contributed by atoms with E-state index in [2.05, 4.69) is 10.6 Å². The molecule has 1 saturated heterocycles. The zero-order chi connectivity index (χ0) is 18.2. The van der Waals surface area contributed by atoms with Crippen LogP contribution in [0.25, 0.3) is 0 Å². The lowest BCUT2D eigenvalue weighted by molar-refractivity contribution is -0.135. The number of urea groups is 1. The second-order valence-corrected chi connectivity index (χ2v) is 7.57. The molecule has 1 spiro atoms. The summed E-state index contributed by atoms with van der Waals surface area (Å²) in [5.74, 6) is -0.642. The number of hydrogen-bond acceptors (Lipinski definition) is 3. The van der Waals surface area contributed by atoms with Crippen LogP contribution in [0.1, 0.15) is 51.2 Å². The van der Waals surface area contributed by atoms with Crippen LogP contribution in [0.15, 0.2) is 24.3 Å². The van der Waals surface area contributed by atoms with E-state index in [4.69, 9.17) is 0 Å². The highest BCUT2D eigenvalue weighted by Crippen LogP contribution is 2.41. The Morgan fingerprint density at radius 3 is 2.76 bits per heavy atom.